The predicted molar refractivity (Wildman–Crippen MR) is 83.2 cm³/mol. The van der Waals surface area contributed by atoms with E-state index in [-0.39, 0.29) is 4.47 Å². The van der Waals surface area contributed by atoms with E-state index in [1.807, 2.05) is 6.07 Å². The second kappa shape index (κ2) is 6.47. The van der Waals surface area contributed by atoms with Gasteiger partial charge < -0.3 is 5.32 Å². The summed E-state index contributed by atoms with van der Waals surface area (Å²) in [6.07, 6.45) is 0.783. The highest BCUT2D eigenvalue weighted by Gasteiger charge is 2.16. The lowest BCUT2D eigenvalue weighted by Crippen LogP contribution is -2.04. The van der Waals surface area contributed by atoms with Gasteiger partial charge >= 0.3 is 0 Å². The molecule has 1 aromatic carbocycles. The van der Waals surface area contributed by atoms with Crippen molar-refractivity contribution in [1.82, 2.24) is 9.97 Å². The molecule has 0 aliphatic heterocycles. The van der Waals surface area contributed by atoms with Crippen molar-refractivity contribution in [3.05, 3.63) is 40.0 Å². The van der Waals surface area contributed by atoms with Gasteiger partial charge in [-0.1, -0.05) is 13.8 Å². The molecule has 3 nitrogen and oxygen atoms in total. The summed E-state index contributed by atoms with van der Waals surface area (Å²) in [6, 6.07) is 4.40. The van der Waals surface area contributed by atoms with Crippen LogP contribution in [0.1, 0.15) is 19.5 Å². The zero-order valence-electron chi connectivity index (χ0n) is 12.0. The summed E-state index contributed by atoms with van der Waals surface area (Å²) in [4.78, 5) is 8.77. The fraction of sp³-hybridized carbons (Fsp3) is 0.333. The number of benzene rings is 1. The van der Waals surface area contributed by atoms with Crippen LogP contribution in [0.15, 0.2) is 22.7 Å². The van der Waals surface area contributed by atoms with Crippen LogP contribution in [0, 0.1) is 17.6 Å². The zero-order chi connectivity index (χ0) is 15.6. The predicted octanol–water partition coefficient (Wildman–Crippen LogP) is 4.42. The molecule has 1 N–H and O–H groups in total. The Kier molecular flexibility index (Phi) is 4.88. The summed E-state index contributed by atoms with van der Waals surface area (Å²) in [6.45, 7) is 4.18. The number of hydrogen-bond donors (Lipinski definition) is 1. The minimum Gasteiger partial charge on any atom is -0.373 e. The van der Waals surface area contributed by atoms with Gasteiger partial charge in [-0.25, -0.2) is 18.7 Å². The fourth-order valence-electron chi connectivity index (χ4n) is 1.97. The monoisotopic (exact) mass is 355 g/mol. The molecule has 0 bridgehead atoms. The van der Waals surface area contributed by atoms with E-state index in [1.165, 1.54) is 6.07 Å². The van der Waals surface area contributed by atoms with Gasteiger partial charge in [-0.05, 0) is 40.4 Å². The Labute approximate surface area is 131 Å². The molecule has 0 radical (unpaired) electrons. The standard InChI is InChI=1S/C15H16BrF2N3/c1-8(2)6-9-7-12(19-3)21-15(20-9)10-4-5-11(17)14(18)13(10)16/h4-5,7-8H,6H2,1-3H3,(H,19,20,21). The summed E-state index contributed by atoms with van der Waals surface area (Å²) in [5, 5.41) is 2.96. The Bertz CT molecular complexity index is 660. The third-order valence-electron chi connectivity index (χ3n) is 2.93. The van der Waals surface area contributed by atoms with E-state index in [1.54, 1.807) is 7.05 Å². The normalized spacial score (nSPS) is 11.0. The van der Waals surface area contributed by atoms with Gasteiger partial charge in [0.2, 0.25) is 0 Å². The first-order valence-electron chi connectivity index (χ1n) is 6.62. The number of anilines is 1. The lowest BCUT2D eigenvalue weighted by Gasteiger charge is -2.11. The molecule has 0 amide bonds. The van der Waals surface area contributed by atoms with E-state index >= 15 is 0 Å². The minimum atomic E-state index is -0.934. The van der Waals surface area contributed by atoms with Crippen molar-refractivity contribution in [2.45, 2.75) is 20.3 Å². The number of nitrogens with zero attached hydrogens (tertiary/aromatic N) is 2. The SMILES string of the molecule is CNc1cc(CC(C)C)nc(-c2ccc(F)c(F)c2Br)n1. The number of rotatable bonds is 4. The van der Waals surface area contributed by atoms with Crippen molar-refractivity contribution < 1.29 is 8.78 Å². The summed E-state index contributed by atoms with van der Waals surface area (Å²) in [5.74, 6) is -0.393. The van der Waals surface area contributed by atoms with Crippen LogP contribution in [0.4, 0.5) is 14.6 Å². The maximum Gasteiger partial charge on any atom is 0.173 e. The van der Waals surface area contributed by atoms with Crippen LogP contribution < -0.4 is 5.32 Å². The van der Waals surface area contributed by atoms with Crippen molar-refractivity contribution in [1.29, 1.82) is 0 Å². The molecule has 0 aliphatic rings. The summed E-state index contributed by atoms with van der Waals surface area (Å²) < 4.78 is 26.9. The molecule has 0 saturated carbocycles. The molecule has 0 spiro atoms. The Balaban J connectivity index is 2.55. The van der Waals surface area contributed by atoms with Crippen molar-refractivity contribution in [2.75, 3.05) is 12.4 Å². The van der Waals surface area contributed by atoms with Crippen molar-refractivity contribution >= 4 is 21.7 Å². The van der Waals surface area contributed by atoms with Gasteiger partial charge in [-0.2, -0.15) is 0 Å². The third-order valence-corrected chi connectivity index (χ3v) is 3.70. The lowest BCUT2D eigenvalue weighted by atomic mass is 10.1. The van der Waals surface area contributed by atoms with Gasteiger partial charge in [-0.15, -0.1) is 0 Å². The first kappa shape index (κ1) is 15.8. The van der Waals surface area contributed by atoms with E-state index in [9.17, 15) is 8.78 Å². The molecule has 21 heavy (non-hydrogen) atoms. The highest BCUT2D eigenvalue weighted by Crippen LogP contribution is 2.30. The number of halogens is 3. The van der Waals surface area contributed by atoms with Crippen molar-refractivity contribution in [3.8, 4) is 11.4 Å². The van der Waals surface area contributed by atoms with Gasteiger partial charge in [-0.3, -0.25) is 0 Å². The third kappa shape index (κ3) is 3.56. The summed E-state index contributed by atoms with van der Waals surface area (Å²) in [7, 11) is 1.76. The van der Waals surface area contributed by atoms with Crippen LogP contribution in [-0.4, -0.2) is 17.0 Å². The Hall–Kier alpha value is -1.56. The van der Waals surface area contributed by atoms with E-state index in [0.29, 0.717) is 23.1 Å². The van der Waals surface area contributed by atoms with Crippen LogP contribution in [0.25, 0.3) is 11.4 Å². The first-order valence-corrected chi connectivity index (χ1v) is 7.41. The van der Waals surface area contributed by atoms with E-state index < -0.39 is 11.6 Å². The summed E-state index contributed by atoms with van der Waals surface area (Å²) >= 11 is 3.07. The van der Waals surface area contributed by atoms with Crippen molar-refractivity contribution in [2.24, 2.45) is 5.92 Å². The number of hydrogen-bond acceptors (Lipinski definition) is 3. The maximum absolute atomic E-state index is 13.7. The molecular formula is C15H16BrF2N3. The van der Waals surface area contributed by atoms with Gasteiger partial charge in [0.05, 0.1) is 4.47 Å². The van der Waals surface area contributed by atoms with E-state index in [4.69, 9.17) is 0 Å². The topological polar surface area (TPSA) is 37.8 Å². The molecule has 0 atom stereocenters. The molecule has 0 saturated heterocycles. The number of aromatic nitrogens is 2. The van der Waals surface area contributed by atoms with Crippen LogP contribution in [0.3, 0.4) is 0 Å². The Morgan fingerprint density at radius 2 is 1.95 bits per heavy atom. The molecular weight excluding hydrogens is 340 g/mol. The maximum atomic E-state index is 13.7. The zero-order valence-corrected chi connectivity index (χ0v) is 13.6. The van der Waals surface area contributed by atoms with Crippen LogP contribution in [0.2, 0.25) is 0 Å². The molecule has 0 fully saturated rings. The highest BCUT2D eigenvalue weighted by atomic mass is 79.9. The summed E-state index contributed by atoms with van der Waals surface area (Å²) in [5.41, 5.74) is 1.28. The molecule has 112 valence electrons. The molecule has 0 unspecified atom stereocenters. The first-order chi connectivity index (χ1) is 9.92. The van der Waals surface area contributed by atoms with Crippen LogP contribution in [-0.2, 0) is 6.42 Å². The minimum absolute atomic E-state index is 0.0336. The average molecular weight is 356 g/mol. The second-order valence-corrected chi connectivity index (χ2v) is 5.93. The quantitative estimate of drug-likeness (QED) is 0.824. The largest absolute Gasteiger partial charge is 0.373 e. The molecule has 1 aromatic heterocycles. The number of nitrogens with one attached hydrogen (secondary N) is 1. The molecule has 6 heteroatoms. The van der Waals surface area contributed by atoms with Gasteiger partial charge in [0.25, 0.3) is 0 Å². The molecule has 1 heterocycles. The van der Waals surface area contributed by atoms with Gasteiger partial charge in [0.1, 0.15) is 5.82 Å². The molecule has 2 aromatic rings. The van der Waals surface area contributed by atoms with Gasteiger partial charge in [0, 0.05) is 24.4 Å². The van der Waals surface area contributed by atoms with Crippen LogP contribution in [0.5, 0.6) is 0 Å². The smallest absolute Gasteiger partial charge is 0.173 e. The van der Waals surface area contributed by atoms with Gasteiger partial charge in [0.15, 0.2) is 17.5 Å². The Morgan fingerprint density at radius 3 is 2.57 bits per heavy atom. The molecule has 0 aliphatic carbocycles. The highest BCUT2D eigenvalue weighted by molar-refractivity contribution is 9.10. The fourth-order valence-corrected chi connectivity index (χ4v) is 2.47. The Morgan fingerprint density at radius 1 is 1.24 bits per heavy atom. The van der Waals surface area contributed by atoms with Crippen molar-refractivity contribution in [3.63, 3.8) is 0 Å². The van der Waals surface area contributed by atoms with E-state index in [0.717, 1.165) is 18.2 Å². The second-order valence-electron chi connectivity index (χ2n) is 5.14. The van der Waals surface area contributed by atoms with Crippen LogP contribution >= 0.6 is 15.9 Å². The average Bonchev–Trinajstić information content (AvgIpc) is 2.43. The van der Waals surface area contributed by atoms with E-state index in [2.05, 4.69) is 45.1 Å². The lowest BCUT2D eigenvalue weighted by molar-refractivity contribution is 0.504. The molecule has 2 rings (SSSR count).